The first-order valence-electron chi connectivity index (χ1n) is 4.75. The van der Waals surface area contributed by atoms with Gasteiger partial charge in [-0.15, -0.1) is 0 Å². The number of H-pyrrole nitrogens is 1. The molecule has 0 aliphatic heterocycles. The van der Waals surface area contributed by atoms with Gasteiger partial charge in [-0.05, 0) is 23.6 Å². The lowest BCUT2D eigenvalue weighted by Gasteiger charge is -2.05. The first-order chi connectivity index (χ1) is 7.08. The van der Waals surface area contributed by atoms with E-state index in [2.05, 4.69) is 9.40 Å². The Balaban J connectivity index is 2.82. The SMILES string of the molecule is CC(C)c1ccc2c(=O)oc(=O)[nH]c2c1. The van der Waals surface area contributed by atoms with Crippen molar-refractivity contribution in [1.82, 2.24) is 4.98 Å². The van der Waals surface area contributed by atoms with Crippen molar-refractivity contribution in [3.05, 3.63) is 44.7 Å². The highest BCUT2D eigenvalue weighted by molar-refractivity contribution is 5.77. The van der Waals surface area contributed by atoms with Gasteiger partial charge in [0.15, 0.2) is 0 Å². The summed E-state index contributed by atoms with van der Waals surface area (Å²) in [6, 6.07) is 5.34. The molecule has 2 aromatic rings. The van der Waals surface area contributed by atoms with Crippen LogP contribution in [0.25, 0.3) is 10.9 Å². The summed E-state index contributed by atoms with van der Waals surface area (Å²) in [4.78, 5) is 24.8. The average molecular weight is 205 g/mol. The molecule has 1 N–H and O–H groups in total. The number of hydrogen-bond donors (Lipinski definition) is 1. The predicted octanol–water partition coefficient (Wildman–Crippen LogP) is 1.60. The summed E-state index contributed by atoms with van der Waals surface area (Å²) in [5, 5.41) is 0.402. The van der Waals surface area contributed by atoms with Crippen LogP contribution in [0.2, 0.25) is 0 Å². The van der Waals surface area contributed by atoms with Gasteiger partial charge >= 0.3 is 11.4 Å². The van der Waals surface area contributed by atoms with Gasteiger partial charge in [0.25, 0.3) is 0 Å². The molecule has 0 aliphatic carbocycles. The van der Waals surface area contributed by atoms with Crippen molar-refractivity contribution in [2.24, 2.45) is 0 Å². The molecule has 1 aromatic heterocycles. The lowest BCUT2D eigenvalue weighted by atomic mass is 10.0. The fourth-order valence-electron chi connectivity index (χ4n) is 1.48. The molecule has 0 aliphatic rings. The molecule has 15 heavy (non-hydrogen) atoms. The van der Waals surface area contributed by atoms with Crippen LogP contribution in [0.3, 0.4) is 0 Å². The van der Waals surface area contributed by atoms with Gasteiger partial charge in [0, 0.05) is 0 Å². The highest BCUT2D eigenvalue weighted by Crippen LogP contribution is 2.17. The topological polar surface area (TPSA) is 63.1 Å². The fraction of sp³-hybridized carbons (Fsp3) is 0.273. The minimum atomic E-state index is -0.714. The van der Waals surface area contributed by atoms with Crippen molar-refractivity contribution < 1.29 is 4.42 Å². The molecule has 0 saturated carbocycles. The lowest BCUT2D eigenvalue weighted by Crippen LogP contribution is -2.14. The molecule has 1 heterocycles. The van der Waals surface area contributed by atoms with E-state index in [1.165, 1.54) is 0 Å². The second kappa shape index (κ2) is 3.38. The molecule has 0 bridgehead atoms. The summed E-state index contributed by atoms with van der Waals surface area (Å²) in [6.45, 7) is 4.09. The number of aromatic nitrogens is 1. The van der Waals surface area contributed by atoms with Crippen molar-refractivity contribution in [1.29, 1.82) is 0 Å². The number of hydrogen-bond acceptors (Lipinski definition) is 3. The summed E-state index contributed by atoms with van der Waals surface area (Å²) in [5.74, 6) is -0.362. The van der Waals surface area contributed by atoms with Crippen LogP contribution in [-0.2, 0) is 0 Å². The van der Waals surface area contributed by atoms with E-state index in [0.29, 0.717) is 16.8 Å². The van der Waals surface area contributed by atoms with Gasteiger partial charge in [-0.3, -0.25) is 4.98 Å². The maximum atomic E-state index is 11.3. The number of aromatic amines is 1. The maximum absolute atomic E-state index is 11.3. The molecule has 0 radical (unpaired) electrons. The molecule has 0 amide bonds. The molecule has 0 saturated heterocycles. The first-order valence-corrected chi connectivity index (χ1v) is 4.75. The van der Waals surface area contributed by atoms with E-state index in [9.17, 15) is 9.59 Å². The van der Waals surface area contributed by atoms with Crippen molar-refractivity contribution in [2.75, 3.05) is 0 Å². The zero-order valence-electron chi connectivity index (χ0n) is 8.53. The fourth-order valence-corrected chi connectivity index (χ4v) is 1.48. The molecule has 4 heteroatoms. The largest absolute Gasteiger partial charge is 0.419 e. The molecule has 1 aromatic carbocycles. The van der Waals surface area contributed by atoms with Crippen LogP contribution in [0.15, 0.2) is 32.2 Å². The Bertz CT molecular complexity index is 607. The van der Waals surface area contributed by atoms with Gasteiger partial charge in [-0.25, -0.2) is 9.59 Å². The zero-order valence-corrected chi connectivity index (χ0v) is 8.53. The van der Waals surface area contributed by atoms with E-state index in [4.69, 9.17) is 0 Å². The molecule has 0 unspecified atom stereocenters. The van der Waals surface area contributed by atoms with Crippen LogP contribution in [-0.4, -0.2) is 4.98 Å². The summed E-state index contributed by atoms with van der Waals surface area (Å²) in [7, 11) is 0. The van der Waals surface area contributed by atoms with Gasteiger partial charge < -0.3 is 4.42 Å². The lowest BCUT2D eigenvalue weighted by molar-refractivity contribution is 0.460. The second-order valence-electron chi connectivity index (χ2n) is 3.76. The van der Waals surface area contributed by atoms with Gasteiger partial charge in [0.05, 0.1) is 10.9 Å². The Hall–Kier alpha value is -1.84. The van der Waals surface area contributed by atoms with Crippen LogP contribution >= 0.6 is 0 Å². The van der Waals surface area contributed by atoms with Gasteiger partial charge in [0.2, 0.25) is 0 Å². The van der Waals surface area contributed by atoms with Crippen molar-refractivity contribution >= 4 is 10.9 Å². The van der Waals surface area contributed by atoms with E-state index < -0.39 is 11.4 Å². The zero-order chi connectivity index (χ0) is 11.0. The molecular formula is C11H11NO3. The first kappa shape index (κ1) is 9.71. The van der Waals surface area contributed by atoms with E-state index in [1.54, 1.807) is 12.1 Å². The summed E-state index contributed by atoms with van der Waals surface area (Å²) >= 11 is 0. The standard InChI is InChI=1S/C11H11NO3/c1-6(2)7-3-4-8-9(5-7)12-11(14)15-10(8)13/h3-6H,1-2H3,(H,12,14). The van der Waals surface area contributed by atoms with E-state index >= 15 is 0 Å². The molecule has 0 atom stereocenters. The van der Waals surface area contributed by atoms with Gasteiger partial charge in [-0.2, -0.15) is 0 Å². The minimum Gasteiger partial charge on any atom is -0.372 e. The molecular weight excluding hydrogens is 194 g/mol. The van der Waals surface area contributed by atoms with Crippen LogP contribution in [0.5, 0.6) is 0 Å². The third-order valence-corrected chi connectivity index (χ3v) is 2.35. The average Bonchev–Trinajstić information content (AvgIpc) is 2.16. The third kappa shape index (κ3) is 1.70. The number of benzene rings is 1. The Morgan fingerprint density at radius 2 is 2.00 bits per heavy atom. The molecule has 2 rings (SSSR count). The van der Waals surface area contributed by atoms with E-state index in [0.717, 1.165) is 5.56 Å². The summed E-state index contributed by atoms with van der Waals surface area (Å²) < 4.78 is 4.42. The Morgan fingerprint density at radius 3 is 2.67 bits per heavy atom. The van der Waals surface area contributed by atoms with Gasteiger partial charge in [0.1, 0.15) is 0 Å². The molecule has 0 fully saturated rings. The molecule has 4 nitrogen and oxygen atoms in total. The van der Waals surface area contributed by atoms with Gasteiger partial charge in [-0.1, -0.05) is 19.9 Å². The quantitative estimate of drug-likeness (QED) is 0.769. The normalized spacial score (nSPS) is 11.1. The minimum absolute atomic E-state index is 0.352. The van der Waals surface area contributed by atoms with Crippen molar-refractivity contribution in [2.45, 2.75) is 19.8 Å². The third-order valence-electron chi connectivity index (χ3n) is 2.35. The summed E-state index contributed by atoms with van der Waals surface area (Å²) in [6.07, 6.45) is 0. The van der Waals surface area contributed by atoms with Crippen LogP contribution in [0.1, 0.15) is 25.3 Å². The van der Waals surface area contributed by atoms with Crippen LogP contribution in [0, 0.1) is 0 Å². The predicted molar refractivity (Wildman–Crippen MR) is 57.2 cm³/mol. The highest BCUT2D eigenvalue weighted by atomic mass is 16.4. The van der Waals surface area contributed by atoms with Crippen LogP contribution < -0.4 is 11.4 Å². The van der Waals surface area contributed by atoms with Crippen LogP contribution in [0.4, 0.5) is 0 Å². The number of nitrogens with one attached hydrogen (secondary N) is 1. The van der Waals surface area contributed by atoms with Crippen molar-refractivity contribution in [3.63, 3.8) is 0 Å². The van der Waals surface area contributed by atoms with E-state index in [-0.39, 0.29) is 0 Å². The van der Waals surface area contributed by atoms with Crippen molar-refractivity contribution in [3.8, 4) is 0 Å². The number of rotatable bonds is 1. The molecule has 78 valence electrons. The second-order valence-corrected chi connectivity index (χ2v) is 3.76. The Labute approximate surface area is 85.6 Å². The smallest absolute Gasteiger partial charge is 0.372 e. The summed E-state index contributed by atoms with van der Waals surface area (Å²) in [5.41, 5.74) is 1.01. The Morgan fingerprint density at radius 1 is 1.27 bits per heavy atom. The molecule has 0 spiro atoms. The Kier molecular flexibility index (Phi) is 2.19. The van der Waals surface area contributed by atoms with E-state index in [1.807, 2.05) is 19.9 Å². The maximum Gasteiger partial charge on any atom is 0.419 e. The number of fused-ring (bicyclic) bond motifs is 1. The highest BCUT2D eigenvalue weighted by Gasteiger charge is 2.05. The monoisotopic (exact) mass is 205 g/mol.